The highest BCUT2D eigenvalue weighted by molar-refractivity contribution is 7.98. The van der Waals surface area contributed by atoms with Gasteiger partial charge in [0.1, 0.15) is 5.03 Å². The standard InChI is InChI=1S/C16H20N2S/c1-13(2)18-11-15-9-6-10-17-16(15)19-12-14-7-4-3-5-8-14/h3-10,13,18H,11-12H2,1-2H3. The molecule has 0 aliphatic rings. The summed E-state index contributed by atoms with van der Waals surface area (Å²) in [6, 6.07) is 15.2. The Morgan fingerprint density at radius 2 is 1.89 bits per heavy atom. The van der Waals surface area contributed by atoms with Crippen molar-refractivity contribution in [3.8, 4) is 0 Å². The van der Waals surface area contributed by atoms with Crippen LogP contribution >= 0.6 is 11.8 Å². The van der Waals surface area contributed by atoms with Gasteiger partial charge >= 0.3 is 0 Å². The van der Waals surface area contributed by atoms with E-state index in [-0.39, 0.29) is 0 Å². The van der Waals surface area contributed by atoms with E-state index in [1.807, 2.05) is 18.3 Å². The maximum Gasteiger partial charge on any atom is 0.101 e. The summed E-state index contributed by atoms with van der Waals surface area (Å²) in [5.41, 5.74) is 2.61. The number of nitrogens with zero attached hydrogens (tertiary/aromatic N) is 1. The number of hydrogen-bond acceptors (Lipinski definition) is 3. The van der Waals surface area contributed by atoms with Crippen molar-refractivity contribution in [3.63, 3.8) is 0 Å². The zero-order valence-electron chi connectivity index (χ0n) is 11.5. The highest BCUT2D eigenvalue weighted by atomic mass is 32.2. The lowest BCUT2D eigenvalue weighted by Gasteiger charge is -2.11. The minimum Gasteiger partial charge on any atom is -0.310 e. The van der Waals surface area contributed by atoms with Gasteiger partial charge in [-0.25, -0.2) is 4.98 Å². The van der Waals surface area contributed by atoms with Crippen LogP contribution in [-0.4, -0.2) is 11.0 Å². The van der Waals surface area contributed by atoms with Crippen molar-refractivity contribution in [1.82, 2.24) is 10.3 Å². The van der Waals surface area contributed by atoms with E-state index in [4.69, 9.17) is 0 Å². The lowest BCUT2D eigenvalue weighted by molar-refractivity contribution is 0.582. The second-order valence-corrected chi connectivity index (χ2v) is 5.74. The van der Waals surface area contributed by atoms with Gasteiger partial charge in [-0.2, -0.15) is 0 Å². The molecular weight excluding hydrogens is 252 g/mol. The van der Waals surface area contributed by atoms with Crippen LogP contribution in [-0.2, 0) is 12.3 Å². The first kappa shape index (κ1) is 14.1. The molecule has 0 saturated carbocycles. The molecule has 0 bridgehead atoms. The Bertz CT molecular complexity index is 497. The molecule has 0 spiro atoms. The maximum absolute atomic E-state index is 4.49. The molecule has 0 unspecified atom stereocenters. The summed E-state index contributed by atoms with van der Waals surface area (Å²) < 4.78 is 0. The molecule has 19 heavy (non-hydrogen) atoms. The summed E-state index contributed by atoms with van der Waals surface area (Å²) >= 11 is 1.80. The zero-order valence-corrected chi connectivity index (χ0v) is 12.3. The minimum absolute atomic E-state index is 0.493. The molecule has 2 rings (SSSR count). The first-order valence-corrected chi connectivity index (χ1v) is 7.58. The predicted molar refractivity (Wildman–Crippen MR) is 82.2 cm³/mol. The third-order valence-electron chi connectivity index (χ3n) is 2.77. The first-order valence-electron chi connectivity index (χ1n) is 6.59. The summed E-state index contributed by atoms with van der Waals surface area (Å²) in [6.07, 6.45) is 1.87. The SMILES string of the molecule is CC(C)NCc1cccnc1SCc1ccccc1. The highest BCUT2D eigenvalue weighted by Gasteiger charge is 2.05. The summed E-state index contributed by atoms with van der Waals surface area (Å²) in [5.74, 6) is 0.965. The third-order valence-corrected chi connectivity index (χ3v) is 3.89. The molecule has 1 aromatic heterocycles. The van der Waals surface area contributed by atoms with Gasteiger partial charge in [-0.1, -0.05) is 50.2 Å². The minimum atomic E-state index is 0.493. The summed E-state index contributed by atoms with van der Waals surface area (Å²) in [7, 11) is 0. The van der Waals surface area contributed by atoms with Crippen molar-refractivity contribution in [1.29, 1.82) is 0 Å². The van der Waals surface area contributed by atoms with Crippen LogP contribution in [0.3, 0.4) is 0 Å². The molecule has 1 heterocycles. The molecule has 0 radical (unpaired) electrons. The lowest BCUT2D eigenvalue weighted by atomic mass is 10.2. The van der Waals surface area contributed by atoms with Crippen molar-refractivity contribution >= 4 is 11.8 Å². The molecule has 0 aliphatic heterocycles. The first-order chi connectivity index (χ1) is 9.25. The van der Waals surface area contributed by atoms with Crippen LogP contribution in [0.5, 0.6) is 0 Å². The number of rotatable bonds is 6. The van der Waals surface area contributed by atoms with E-state index >= 15 is 0 Å². The Labute approximate surface area is 119 Å². The monoisotopic (exact) mass is 272 g/mol. The van der Waals surface area contributed by atoms with Crippen molar-refractivity contribution in [2.75, 3.05) is 0 Å². The molecule has 2 aromatic rings. The van der Waals surface area contributed by atoms with Crippen molar-refractivity contribution in [2.24, 2.45) is 0 Å². The number of nitrogens with one attached hydrogen (secondary N) is 1. The quantitative estimate of drug-likeness (QED) is 0.808. The smallest absolute Gasteiger partial charge is 0.101 e. The molecule has 0 fully saturated rings. The van der Waals surface area contributed by atoms with Gasteiger partial charge in [0.05, 0.1) is 0 Å². The van der Waals surface area contributed by atoms with Crippen LogP contribution in [0.15, 0.2) is 53.7 Å². The number of benzene rings is 1. The molecule has 100 valence electrons. The van der Waals surface area contributed by atoms with E-state index in [9.17, 15) is 0 Å². The van der Waals surface area contributed by atoms with E-state index in [1.54, 1.807) is 11.8 Å². The van der Waals surface area contributed by atoms with Crippen LogP contribution in [0.2, 0.25) is 0 Å². The summed E-state index contributed by atoms with van der Waals surface area (Å²) in [6.45, 7) is 5.20. The molecule has 1 N–H and O–H groups in total. The van der Waals surface area contributed by atoms with Crippen LogP contribution in [0.4, 0.5) is 0 Å². The predicted octanol–water partition coefficient (Wildman–Crippen LogP) is 3.87. The molecule has 2 nitrogen and oxygen atoms in total. The van der Waals surface area contributed by atoms with Crippen molar-refractivity contribution in [3.05, 3.63) is 59.8 Å². The summed E-state index contributed by atoms with van der Waals surface area (Å²) in [5, 5.41) is 4.57. The van der Waals surface area contributed by atoms with Gasteiger partial charge in [0.15, 0.2) is 0 Å². The molecule has 0 aliphatic carbocycles. The largest absolute Gasteiger partial charge is 0.310 e. The van der Waals surface area contributed by atoms with Crippen LogP contribution in [0.1, 0.15) is 25.0 Å². The molecule has 3 heteroatoms. The van der Waals surface area contributed by atoms with E-state index in [0.29, 0.717) is 6.04 Å². The topological polar surface area (TPSA) is 24.9 Å². The van der Waals surface area contributed by atoms with E-state index in [2.05, 4.69) is 54.5 Å². The average Bonchev–Trinajstić information content (AvgIpc) is 2.45. The number of aromatic nitrogens is 1. The fourth-order valence-electron chi connectivity index (χ4n) is 1.73. The molecule has 0 saturated heterocycles. The highest BCUT2D eigenvalue weighted by Crippen LogP contribution is 2.24. The van der Waals surface area contributed by atoms with E-state index < -0.39 is 0 Å². The fraction of sp³-hybridized carbons (Fsp3) is 0.312. The van der Waals surface area contributed by atoms with E-state index in [0.717, 1.165) is 17.3 Å². The van der Waals surface area contributed by atoms with Gasteiger partial charge in [-0.15, -0.1) is 11.8 Å². The second kappa shape index (κ2) is 7.31. The van der Waals surface area contributed by atoms with Crippen LogP contribution in [0.25, 0.3) is 0 Å². The Morgan fingerprint density at radius 3 is 2.63 bits per heavy atom. The van der Waals surface area contributed by atoms with Crippen LogP contribution in [0, 0.1) is 0 Å². The fourth-order valence-corrected chi connectivity index (χ4v) is 2.69. The van der Waals surface area contributed by atoms with Gasteiger partial charge in [0.2, 0.25) is 0 Å². The lowest BCUT2D eigenvalue weighted by Crippen LogP contribution is -2.22. The normalized spacial score (nSPS) is 10.9. The maximum atomic E-state index is 4.49. The average molecular weight is 272 g/mol. The molecule has 1 aromatic carbocycles. The number of thioether (sulfide) groups is 1. The number of hydrogen-bond donors (Lipinski definition) is 1. The number of pyridine rings is 1. The van der Waals surface area contributed by atoms with Gasteiger partial charge in [-0.05, 0) is 17.2 Å². The van der Waals surface area contributed by atoms with Gasteiger partial charge in [0.25, 0.3) is 0 Å². The van der Waals surface area contributed by atoms with Crippen molar-refractivity contribution < 1.29 is 0 Å². The third kappa shape index (κ3) is 4.69. The van der Waals surface area contributed by atoms with Gasteiger partial charge < -0.3 is 5.32 Å². The van der Waals surface area contributed by atoms with Gasteiger partial charge in [0, 0.05) is 24.5 Å². The zero-order chi connectivity index (χ0) is 13.5. The van der Waals surface area contributed by atoms with Gasteiger partial charge in [-0.3, -0.25) is 0 Å². The van der Waals surface area contributed by atoms with Crippen LogP contribution < -0.4 is 5.32 Å². The summed E-state index contributed by atoms with van der Waals surface area (Å²) in [4.78, 5) is 4.49. The van der Waals surface area contributed by atoms with Crippen molar-refractivity contribution in [2.45, 2.75) is 37.2 Å². The Kier molecular flexibility index (Phi) is 5.43. The molecular formula is C16H20N2S. The van der Waals surface area contributed by atoms with E-state index in [1.165, 1.54) is 11.1 Å². The second-order valence-electron chi connectivity index (χ2n) is 4.78. The Balaban J connectivity index is 1.99. The molecule has 0 atom stereocenters. The molecule has 0 amide bonds. The Morgan fingerprint density at radius 1 is 1.11 bits per heavy atom. The Hall–Kier alpha value is -1.32.